The number of ether oxygens (including phenoxy) is 1. The van der Waals surface area contributed by atoms with Crippen LogP contribution in [-0.4, -0.2) is 30.1 Å². The molecule has 3 nitrogen and oxygen atoms in total. The molecule has 0 amide bonds. The van der Waals surface area contributed by atoms with E-state index < -0.39 is 0 Å². The first-order valence-electron chi connectivity index (χ1n) is 7.20. The lowest BCUT2D eigenvalue weighted by molar-refractivity contribution is -0.144. The van der Waals surface area contributed by atoms with Gasteiger partial charge in [-0.3, -0.25) is 9.69 Å². The number of nitrogens with zero attached hydrogens (tertiary/aromatic N) is 1. The maximum atomic E-state index is 11.6. The van der Waals surface area contributed by atoms with Crippen molar-refractivity contribution in [1.82, 2.24) is 4.90 Å². The summed E-state index contributed by atoms with van der Waals surface area (Å²) in [4.78, 5) is 13.8. The number of benzene rings is 1. The molecular weight excluding hydrogens is 238 g/mol. The summed E-state index contributed by atoms with van der Waals surface area (Å²) in [6.07, 6.45) is 3.47. The summed E-state index contributed by atoms with van der Waals surface area (Å²) < 4.78 is 5.04. The van der Waals surface area contributed by atoms with E-state index in [1.54, 1.807) is 0 Å². The number of hydrogen-bond acceptors (Lipinski definition) is 3. The fourth-order valence-corrected chi connectivity index (χ4v) is 2.24. The predicted molar refractivity (Wildman–Crippen MR) is 75.9 cm³/mol. The van der Waals surface area contributed by atoms with Crippen LogP contribution in [0.25, 0.3) is 0 Å². The monoisotopic (exact) mass is 261 g/mol. The summed E-state index contributed by atoms with van der Waals surface area (Å²) >= 11 is 0. The molecule has 2 rings (SSSR count). The molecule has 0 radical (unpaired) electrons. The van der Waals surface area contributed by atoms with E-state index in [-0.39, 0.29) is 5.97 Å². The molecule has 0 aliphatic heterocycles. The van der Waals surface area contributed by atoms with Gasteiger partial charge in [0, 0.05) is 12.6 Å². The van der Waals surface area contributed by atoms with Crippen molar-refractivity contribution in [3.63, 3.8) is 0 Å². The van der Waals surface area contributed by atoms with Crippen molar-refractivity contribution in [3.8, 4) is 0 Å². The summed E-state index contributed by atoms with van der Waals surface area (Å²) in [5.41, 5.74) is 2.63. The Balaban J connectivity index is 1.93. The van der Waals surface area contributed by atoms with Gasteiger partial charge in [-0.25, -0.2) is 0 Å². The maximum absolute atomic E-state index is 11.6. The average Bonchev–Trinajstić information content (AvgIpc) is 3.23. The van der Waals surface area contributed by atoms with Gasteiger partial charge < -0.3 is 4.74 Å². The Kier molecular flexibility index (Phi) is 4.97. The molecule has 1 aromatic rings. The molecule has 1 aromatic carbocycles. The molecular formula is C16H23NO2. The second-order valence-corrected chi connectivity index (χ2v) is 5.11. The van der Waals surface area contributed by atoms with E-state index in [1.165, 1.54) is 24.0 Å². The third-order valence-electron chi connectivity index (χ3n) is 3.52. The molecule has 0 aromatic heterocycles. The molecule has 1 saturated carbocycles. The van der Waals surface area contributed by atoms with Crippen molar-refractivity contribution in [1.29, 1.82) is 0 Å². The fraction of sp³-hybridized carbons (Fsp3) is 0.562. The van der Waals surface area contributed by atoms with Crippen LogP contribution >= 0.6 is 0 Å². The van der Waals surface area contributed by atoms with Crippen molar-refractivity contribution in [2.24, 2.45) is 0 Å². The van der Waals surface area contributed by atoms with Crippen LogP contribution in [0.4, 0.5) is 0 Å². The van der Waals surface area contributed by atoms with E-state index in [0.717, 1.165) is 13.0 Å². The van der Waals surface area contributed by atoms with Crippen molar-refractivity contribution in [3.05, 3.63) is 35.4 Å². The zero-order valence-electron chi connectivity index (χ0n) is 11.9. The number of rotatable bonds is 7. The van der Waals surface area contributed by atoms with E-state index in [1.807, 2.05) is 6.92 Å². The molecule has 1 aliphatic rings. The minimum Gasteiger partial charge on any atom is -0.465 e. The highest BCUT2D eigenvalue weighted by molar-refractivity contribution is 5.71. The summed E-state index contributed by atoms with van der Waals surface area (Å²) in [6, 6.07) is 9.24. The highest BCUT2D eigenvalue weighted by Gasteiger charge is 2.30. The van der Waals surface area contributed by atoms with Crippen LogP contribution in [0.5, 0.6) is 0 Å². The van der Waals surface area contributed by atoms with E-state index in [9.17, 15) is 4.79 Å². The van der Waals surface area contributed by atoms with Gasteiger partial charge in [-0.1, -0.05) is 31.2 Å². The molecule has 0 bridgehead atoms. The fourth-order valence-electron chi connectivity index (χ4n) is 2.24. The molecule has 0 N–H and O–H groups in total. The molecule has 104 valence electrons. The highest BCUT2D eigenvalue weighted by Crippen LogP contribution is 2.28. The number of carbonyl (C=O) groups is 1. The van der Waals surface area contributed by atoms with Crippen LogP contribution in [0.1, 0.15) is 37.8 Å². The van der Waals surface area contributed by atoms with E-state index >= 15 is 0 Å². The van der Waals surface area contributed by atoms with Gasteiger partial charge in [0.05, 0.1) is 13.2 Å². The first kappa shape index (κ1) is 14.1. The van der Waals surface area contributed by atoms with Gasteiger partial charge in [0.15, 0.2) is 0 Å². The van der Waals surface area contributed by atoms with Gasteiger partial charge in [0.1, 0.15) is 0 Å². The van der Waals surface area contributed by atoms with Gasteiger partial charge >= 0.3 is 5.97 Å². The molecule has 1 aliphatic carbocycles. The largest absolute Gasteiger partial charge is 0.465 e. The van der Waals surface area contributed by atoms with Crippen LogP contribution in [0.3, 0.4) is 0 Å². The van der Waals surface area contributed by atoms with Crippen molar-refractivity contribution in [2.75, 3.05) is 13.2 Å². The molecule has 19 heavy (non-hydrogen) atoms. The highest BCUT2D eigenvalue weighted by atomic mass is 16.5. The van der Waals surface area contributed by atoms with Crippen LogP contribution in [0.2, 0.25) is 0 Å². The Morgan fingerprint density at radius 1 is 1.21 bits per heavy atom. The Morgan fingerprint density at radius 2 is 1.84 bits per heavy atom. The lowest BCUT2D eigenvalue weighted by atomic mass is 10.1. The molecule has 1 fully saturated rings. The van der Waals surface area contributed by atoms with Gasteiger partial charge in [-0.2, -0.15) is 0 Å². The zero-order chi connectivity index (χ0) is 13.7. The first-order chi connectivity index (χ1) is 9.22. The van der Waals surface area contributed by atoms with Crippen molar-refractivity contribution < 1.29 is 9.53 Å². The third kappa shape index (κ3) is 4.35. The smallest absolute Gasteiger partial charge is 0.320 e. The molecule has 0 atom stereocenters. The molecule has 0 heterocycles. The number of esters is 1. The predicted octanol–water partition coefficient (Wildman–Crippen LogP) is 2.78. The van der Waals surface area contributed by atoms with Crippen LogP contribution in [-0.2, 0) is 22.5 Å². The van der Waals surface area contributed by atoms with Gasteiger partial charge in [-0.05, 0) is 37.3 Å². The van der Waals surface area contributed by atoms with Crippen LogP contribution in [0.15, 0.2) is 24.3 Å². The third-order valence-corrected chi connectivity index (χ3v) is 3.52. The van der Waals surface area contributed by atoms with Crippen LogP contribution in [0, 0.1) is 0 Å². The van der Waals surface area contributed by atoms with E-state index in [4.69, 9.17) is 4.74 Å². The number of aryl methyl sites for hydroxylation is 1. The van der Waals surface area contributed by atoms with Crippen LogP contribution < -0.4 is 0 Å². The molecule has 0 spiro atoms. The minimum atomic E-state index is -0.112. The van der Waals surface area contributed by atoms with Gasteiger partial charge in [0.2, 0.25) is 0 Å². The topological polar surface area (TPSA) is 29.5 Å². The Labute approximate surface area is 115 Å². The SMILES string of the molecule is CCOC(=O)CN(Cc1ccc(CC)cc1)C1CC1. The molecule has 3 heteroatoms. The van der Waals surface area contributed by atoms with Crippen molar-refractivity contribution in [2.45, 2.75) is 45.7 Å². The Morgan fingerprint density at radius 3 is 2.37 bits per heavy atom. The first-order valence-corrected chi connectivity index (χ1v) is 7.20. The maximum Gasteiger partial charge on any atom is 0.320 e. The quantitative estimate of drug-likeness (QED) is 0.707. The van der Waals surface area contributed by atoms with E-state index in [2.05, 4.69) is 36.1 Å². The second kappa shape index (κ2) is 6.71. The van der Waals surface area contributed by atoms with Crippen molar-refractivity contribution >= 4 is 5.97 Å². The lowest BCUT2D eigenvalue weighted by Crippen LogP contribution is -2.32. The second-order valence-electron chi connectivity index (χ2n) is 5.11. The van der Waals surface area contributed by atoms with Gasteiger partial charge in [0.25, 0.3) is 0 Å². The zero-order valence-corrected chi connectivity index (χ0v) is 11.9. The molecule has 0 unspecified atom stereocenters. The summed E-state index contributed by atoms with van der Waals surface area (Å²) in [5.74, 6) is -0.112. The van der Waals surface area contributed by atoms with Gasteiger partial charge in [-0.15, -0.1) is 0 Å². The Hall–Kier alpha value is -1.35. The summed E-state index contributed by atoms with van der Waals surface area (Å²) in [5, 5.41) is 0. The summed E-state index contributed by atoms with van der Waals surface area (Å²) in [7, 11) is 0. The normalized spacial score (nSPS) is 14.7. The standard InChI is InChI=1S/C16H23NO2/c1-3-13-5-7-14(8-6-13)11-17(15-9-10-15)12-16(18)19-4-2/h5-8,15H,3-4,9-12H2,1-2H3. The molecule has 0 saturated heterocycles. The van der Waals surface area contributed by atoms with E-state index in [0.29, 0.717) is 19.2 Å². The number of carbonyl (C=O) groups excluding carboxylic acids is 1. The Bertz CT molecular complexity index is 409. The number of hydrogen-bond donors (Lipinski definition) is 0. The minimum absolute atomic E-state index is 0.112. The summed E-state index contributed by atoms with van der Waals surface area (Å²) in [6.45, 7) is 5.72. The lowest BCUT2D eigenvalue weighted by Gasteiger charge is -2.21. The average molecular weight is 261 g/mol.